The standard InChI is InChI=1S/C17H16N2O4/c18-15(20)12-7-4-8-13(10-12)16(21)19-14(17(22)23)9-11-5-2-1-3-6-11/h1-8,10,14H,9H2,(H2,18,20)(H,19,21)(H,22,23). The van der Waals surface area contributed by atoms with Crippen LogP contribution >= 0.6 is 0 Å². The van der Waals surface area contributed by atoms with E-state index in [0.717, 1.165) is 5.56 Å². The molecule has 1 atom stereocenters. The summed E-state index contributed by atoms with van der Waals surface area (Å²) in [7, 11) is 0. The predicted molar refractivity (Wildman–Crippen MR) is 84.0 cm³/mol. The molecular weight excluding hydrogens is 296 g/mol. The third kappa shape index (κ3) is 4.41. The van der Waals surface area contributed by atoms with Crippen molar-refractivity contribution in [2.75, 3.05) is 0 Å². The fraction of sp³-hybridized carbons (Fsp3) is 0.118. The Bertz CT molecular complexity index is 728. The molecule has 0 aliphatic carbocycles. The number of primary amides is 1. The van der Waals surface area contributed by atoms with Crippen molar-refractivity contribution in [2.24, 2.45) is 5.73 Å². The Morgan fingerprint density at radius 2 is 1.65 bits per heavy atom. The average molecular weight is 312 g/mol. The van der Waals surface area contributed by atoms with Crippen LogP contribution in [0.25, 0.3) is 0 Å². The summed E-state index contributed by atoms with van der Waals surface area (Å²) in [4.78, 5) is 34.7. The van der Waals surface area contributed by atoms with Gasteiger partial charge in [-0.25, -0.2) is 4.79 Å². The lowest BCUT2D eigenvalue weighted by Gasteiger charge is -2.15. The van der Waals surface area contributed by atoms with E-state index < -0.39 is 23.8 Å². The maximum absolute atomic E-state index is 12.2. The Morgan fingerprint density at radius 1 is 1.00 bits per heavy atom. The zero-order valence-corrected chi connectivity index (χ0v) is 12.2. The minimum atomic E-state index is -1.13. The first-order valence-electron chi connectivity index (χ1n) is 6.95. The zero-order valence-electron chi connectivity index (χ0n) is 12.2. The normalized spacial score (nSPS) is 11.5. The summed E-state index contributed by atoms with van der Waals surface area (Å²) in [5.74, 6) is -2.36. The van der Waals surface area contributed by atoms with Gasteiger partial charge in [-0.2, -0.15) is 0 Å². The van der Waals surface area contributed by atoms with Gasteiger partial charge in [0.1, 0.15) is 6.04 Å². The lowest BCUT2D eigenvalue weighted by molar-refractivity contribution is -0.139. The van der Waals surface area contributed by atoms with E-state index in [9.17, 15) is 19.5 Å². The molecule has 1 unspecified atom stereocenters. The van der Waals surface area contributed by atoms with Crippen LogP contribution in [0.3, 0.4) is 0 Å². The highest BCUT2D eigenvalue weighted by atomic mass is 16.4. The van der Waals surface area contributed by atoms with Gasteiger partial charge in [0.15, 0.2) is 0 Å². The maximum Gasteiger partial charge on any atom is 0.326 e. The molecular formula is C17H16N2O4. The van der Waals surface area contributed by atoms with Gasteiger partial charge in [-0.1, -0.05) is 36.4 Å². The number of rotatable bonds is 6. The van der Waals surface area contributed by atoms with Gasteiger partial charge in [-0.3, -0.25) is 9.59 Å². The van der Waals surface area contributed by atoms with Gasteiger partial charge in [0.05, 0.1) is 0 Å². The molecule has 0 aliphatic rings. The molecule has 0 saturated heterocycles. The fourth-order valence-electron chi connectivity index (χ4n) is 2.11. The molecule has 118 valence electrons. The molecule has 4 N–H and O–H groups in total. The van der Waals surface area contributed by atoms with E-state index in [-0.39, 0.29) is 17.5 Å². The van der Waals surface area contributed by atoms with Crippen LogP contribution in [-0.4, -0.2) is 28.9 Å². The van der Waals surface area contributed by atoms with Crippen molar-refractivity contribution in [3.05, 3.63) is 71.3 Å². The van der Waals surface area contributed by atoms with Crippen LogP contribution in [0.4, 0.5) is 0 Å². The van der Waals surface area contributed by atoms with Crippen LogP contribution in [0.5, 0.6) is 0 Å². The van der Waals surface area contributed by atoms with Crippen molar-refractivity contribution in [3.8, 4) is 0 Å². The van der Waals surface area contributed by atoms with Crippen LogP contribution < -0.4 is 11.1 Å². The Labute approximate surface area is 132 Å². The summed E-state index contributed by atoms with van der Waals surface area (Å²) in [5.41, 5.74) is 6.34. The largest absolute Gasteiger partial charge is 0.480 e. The van der Waals surface area contributed by atoms with E-state index in [4.69, 9.17) is 5.73 Å². The number of amides is 2. The van der Waals surface area contributed by atoms with Crippen molar-refractivity contribution in [3.63, 3.8) is 0 Å². The predicted octanol–water partition coefficient (Wildman–Crippen LogP) is 1.21. The van der Waals surface area contributed by atoms with Crippen molar-refractivity contribution < 1.29 is 19.5 Å². The molecule has 0 aliphatic heterocycles. The van der Waals surface area contributed by atoms with E-state index in [2.05, 4.69) is 5.32 Å². The van der Waals surface area contributed by atoms with Gasteiger partial charge < -0.3 is 16.2 Å². The molecule has 0 aromatic heterocycles. The number of nitrogens with one attached hydrogen (secondary N) is 1. The van der Waals surface area contributed by atoms with Crippen LogP contribution in [0, 0.1) is 0 Å². The third-order valence-corrected chi connectivity index (χ3v) is 3.30. The molecule has 6 heteroatoms. The lowest BCUT2D eigenvalue weighted by Crippen LogP contribution is -2.42. The Hall–Kier alpha value is -3.15. The van der Waals surface area contributed by atoms with Crippen LogP contribution in [0.1, 0.15) is 26.3 Å². The van der Waals surface area contributed by atoms with E-state index in [1.807, 2.05) is 6.07 Å². The molecule has 0 radical (unpaired) electrons. The van der Waals surface area contributed by atoms with Crippen LogP contribution in [0.15, 0.2) is 54.6 Å². The Morgan fingerprint density at radius 3 is 2.26 bits per heavy atom. The fourth-order valence-corrected chi connectivity index (χ4v) is 2.11. The third-order valence-electron chi connectivity index (χ3n) is 3.30. The lowest BCUT2D eigenvalue weighted by atomic mass is 10.0. The van der Waals surface area contributed by atoms with Gasteiger partial charge in [-0.05, 0) is 23.8 Å². The van der Waals surface area contributed by atoms with Crippen LogP contribution in [0.2, 0.25) is 0 Å². The van der Waals surface area contributed by atoms with Crippen molar-refractivity contribution in [1.82, 2.24) is 5.32 Å². The van der Waals surface area contributed by atoms with Crippen molar-refractivity contribution >= 4 is 17.8 Å². The van der Waals surface area contributed by atoms with Gasteiger partial charge in [0, 0.05) is 17.5 Å². The first-order chi connectivity index (χ1) is 11.0. The molecule has 23 heavy (non-hydrogen) atoms. The molecule has 2 amide bonds. The summed E-state index contributed by atoms with van der Waals surface area (Å²) in [5, 5.41) is 11.7. The highest BCUT2D eigenvalue weighted by Crippen LogP contribution is 2.07. The summed E-state index contributed by atoms with van der Waals surface area (Å²) >= 11 is 0. The van der Waals surface area contributed by atoms with Gasteiger partial charge >= 0.3 is 5.97 Å². The van der Waals surface area contributed by atoms with Gasteiger partial charge in [0.25, 0.3) is 5.91 Å². The first-order valence-corrected chi connectivity index (χ1v) is 6.95. The molecule has 0 saturated carbocycles. The highest BCUT2D eigenvalue weighted by Gasteiger charge is 2.21. The molecule has 2 rings (SSSR count). The molecule has 6 nitrogen and oxygen atoms in total. The average Bonchev–Trinajstić information content (AvgIpc) is 2.55. The molecule has 0 heterocycles. The van der Waals surface area contributed by atoms with E-state index in [1.165, 1.54) is 24.3 Å². The summed E-state index contributed by atoms with van der Waals surface area (Å²) in [6, 6.07) is 13.8. The monoisotopic (exact) mass is 312 g/mol. The van der Waals surface area contributed by atoms with Gasteiger partial charge in [0.2, 0.25) is 5.91 Å². The van der Waals surface area contributed by atoms with E-state index in [1.54, 1.807) is 24.3 Å². The number of aliphatic carboxylic acids is 1. The second kappa shape index (κ2) is 7.22. The number of hydrogen-bond donors (Lipinski definition) is 3. The van der Waals surface area contributed by atoms with Crippen molar-refractivity contribution in [2.45, 2.75) is 12.5 Å². The first kappa shape index (κ1) is 16.2. The van der Waals surface area contributed by atoms with E-state index >= 15 is 0 Å². The number of carbonyl (C=O) groups excluding carboxylic acids is 2. The van der Waals surface area contributed by atoms with E-state index in [0.29, 0.717) is 0 Å². The SMILES string of the molecule is NC(=O)c1cccc(C(=O)NC(Cc2ccccc2)C(=O)O)c1. The highest BCUT2D eigenvalue weighted by molar-refractivity contribution is 6.00. The quantitative estimate of drug-likeness (QED) is 0.744. The summed E-state index contributed by atoms with van der Waals surface area (Å²) in [6.07, 6.45) is 0.164. The Kier molecular flexibility index (Phi) is 5.09. The van der Waals surface area contributed by atoms with Crippen LogP contribution in [-0.2, 0) is 11.2 Å². The number of benzene rings is 2. The number of carboxylic acids is 1. The minimum Gasteiger partial charge on any atom is -0.480 e. The number of nitrogens with two attached hydrogens (primary N) is 1. The molecule has 2 aromatic rings. The molecule has 0 bridgehead atoms. The molecule has 2 aromatic carbocycles. The van der Waals surface area contributed by atoms with Crippen molar-refractivity contribution in [1.29, 1.82) is 0 Å². The molecule has 0 spiro atoms. The smallest absolute Gasteiger partial charge is 0.326 e. The number of hydrogen-bond acceptors (Lipinski definition) is 3. The second-order valence-electron chi connectivity index (χ2n) is 5.00. The second-order valence-corrected chi connectivity index (χ2v) is 5.00. The minimum absolute atomic E-state index is 0.164. The number of carbonyl (C=O) groups is 3. The topological polar surface area (TPSA) is 109 Å². The maximum atomic E-state index is 12.2. The Balaban J connectivity index is 2.13. The summed E-state index contributed by atoms with van der Waals surface area (Å²) < 4.78 is 0. The zero-order chi connectivity index (χ0) is 16.8. The number of carboxylic acid groups (broad SMARTS) is 1. The molecule has 0 fully saturated rings. The van der Waals surface area contributed by atoms with Gasteiger partial charge in [-0.15, -0.1) is 0 Å². The summed E-state index contributed by atoms with van der Waals surface area (Å²) in [6.45, 7) is 0.